The fraction of sp³-hybridized carbons (Fsp3) is 0.417. The number of carbonyl (C=O) groups excluding carboxylic acids is 1. The summed E-state index contributed by atoms with van der Waals surface area (Å²) >= 11 is 2.09. The highest BCUT2D eigenvalue weighted by atomic mass is 127. The molecule has 88 valence electrons. The Morgan fingerprint density at radius 2 is 1.94 bits per heavy atom. The maximum atomic E-state index is 10.9. The summed E-state index contributed by atoms with van der Waals surface area (Å²) in [5, 5.41) is 9.84. The molecule has 0 amide bonds. The van der Waals surface area contributed by atoms with Crippen LogP contribution < -0.4 is 4.74 Å². The van der Waals surface area contributed by atoms with Gasteiger partial charge in [0.15, 0.2) is 0 Å². The van der Waals surface area contributed by atoms with Crippen LogP contribution in [0.15, 0.2) is 12.1 Å². The van der Waals surface area contributed by atoms with Crippen LogP contribution >= 0.6 is 22.6 Å². The lowest BCUT2D eigenvalue weighted by atomic mass is 9.86. The second-order valence-corrected chi connectivity index (χ2v) is 5.69. The van der Waals surface area contributed by atoms with E-state index >= 15 is 0 Å². The van der Waals surface area contributed by atoms with Crippen molar-refractivity contribution in [3.05, 3.63) is 21.3 Å². The molecule has 1 aromatic rings. The average Bonchev–Trinajstić information content (AvgIpc) is 2.07. The molecular formula is C12H15IO3. The number of rotatable bonds is 1. The molecule has 0 fully saturated rings. The number of halogens is 1. The molecule has 0 saturated heterocycles. The minimum absolute atomic E-state index is 0.198. The van der Waals surface area contributed by atoms with E-state index < -0.39 is 0 Å². The maximum absolute atomic E-state index is 10.9. The van der Waals surface area contributed by atoms with Crippen LogP contribution in [0.3, 0.4) is 0 Å². The quantitative estimate of drug-likeness (QED) is 0.487. The Morgan fingerprint density at radius 3 is 2.38 bits per heavy atom. The molecule has 0 radical (unpaired) electrons. The molecule has 0 aliphatic heterocycles. The minimum Gasteiger partial charge on any atom is -0.508 e. The normalized spacial score (nSPS) is 11.3. The fourth-order valence-electron chi connectivity index (χ4n) is 1.49. The van der Waals surface area contributed by atoms with Crippen LogP contribution in [0.25, 0.3) is 0 Å². The first-order valence-corrected chi connectivity index (χ1v) is 6.01. The van der Waals surface area contributed by atoms with Gasteiger partial charge in [-0.2, -0.15) is 0 Å². The van der Waals surface area contributed by atoms with Crippen molar-refractivity contribution in [2.45, 2.75) is 33.1 Å². The largest absolute Gasteiger partial charge is 0.508 e. The van der Waals surface area contributed by atoms with Gasteiger partial charge in [-0.15, -0.1) is 0 Å². The molecule has 0 aliphatic rings. The van der Waals surface area contributed by atoms with Crippen molar-refractivity contribution < 1.29 is 14.6 Å². The number of carbonyl (C=O) groups is 1. The van der Waals surface area contributed by atoms with E-state index in [1.54, 1.807) is 12.1 Å². The maximum Gasteiger partial charge on any atom is 0.308 e. The number of ether oxygens (including phenoxy) is 1. The van der Waals surface area contributed by atoms with Gasteiger partial charge < -0.3 is 9.84 Å². The molecule has 1 rings (SSSR count). The van der Waals surface area contributed by atoms with E-state index in [-0.39, 0.29) is 17.1 Å². The molecule has 3 nitrogen and oxygen atoms in total. The van der Waals surface area contributed by atoms with Crippen LogP contribution in [0.4, 0.5) is 0 Å². The summed E-state index contributed by atoms with van der Waals surface area (Å²) in [6.45, 7) is 7.37. The first-order valence-electron chi connectivity index (χ1n) is 4.94. The van der Waals surface area contributed by atoms with Crippen molar-refractivity contribution in [3.8, 4) is 11.5 Å². The summed E-state index contributed by atoms with van der Waals surface area (Å²) in [4.78, 5) is 10.9. The summed E-state index contributed by atoms with van der Waals surface area (Å²) < 4.78 is 5.86. The Kier molecular flexibility index (Phi) is 3.83. The van der Waals surface area contributed by atoms with E-state index in [1.165, 1.54) is 6.92 Å². The molecule has 0 atom stereocenters. The van der Waals surface area contributed by atoms with Gasteiger partial charge in [-0.25, -0.2) is 0 Å². The molecule has 0 aromatic heterocycles. The van der Waals surface area contributed by atoms with Gasteiger partial charge in [0.25, 0.3) is 0 Å². The van der Waals surface area contributed by atoms with Crippen LogP contribution in [0.2, 0.25) is 0 Å². The highest BCUT2D eigenvalue weighted by Gasteiger charge is 2.24. The van der Waals surface area contributed by atoms with Crippen LogP contribution in [0, 0.1) is 3.57 Å². The molecule has 1 N–H and O–H groups in total. The van der Waals surface area contributed by atoms with Crippen molar-refractivity contribution >= 4 is 28.6 Å². The van der Waals surface area contributed by atoms with E-state index in [0.29, 0.717) is 5.75 Å². The van der Waals surface area contributed by atoms with Gasteiger partial charge in [0.2, 0.25) is 0 Å². The summed E-state index contributed by atoms with van der Waals surface area (Å²) in [7, 11) is 0. The molecule has 0 heterocycles. The summed E-state index contributed by atoms with van der Waals surface area (Å²) in [5.41, 5.74) is 0.600. The Hall–Kier alpha value is -0.780. The smallest absolute Gasteiger partial charge is 0.308 e. The highest BCUT2D eigenvalue weighted by molar-refractivity contribution is 14.1. The molecule has 0 saturated carbocycles. The van der Waals surface area contributed by atoms with Crippen LogP contribution in [-0.2, 0) is 10.2 Å². The highest BCUT2D eigenvalue weighted by Crippen LogP contribution is 2.39. The van der Waals surface area contributed by atoms with Crippen molar-refractivity contribution in [2.75, 3.05) is 0 Å². The fourth-order valence-corrected chi connectivity index (χ4v) is 2.87. The first-order chi connectivity index (χ1) is 7.23. The zero-order valence-electron chi connectivity index (χ0n) is 9.80. The average molecular weight is 334 g/mol. The number of phenols is 1. The van der Waals surface area contributed by atoms with E-state index in [9.17, 15) is 9.90 Å². The van der Waals surface area contributed by atoms with Gasteiger partial charge in [0, 0.05) is 12.5 Å². The monoisotopic (exact) mass is 334 g/mol. The molecule has 0 unspecified atom stereocenters. The third-order valence-electron chi connectivity index (χ3n) is 2.09. The van der Waals surface area contributed by atoms with Crippen LogP contribution in [0.1, 0.15) is 33.3 Å². The van der Waals surface area contributed by atoms with Gasteiger partial charge in [-0.05, 0) is 40.1 Å². The van der Waals surface area contributed by atoms with Crippen LogP contribution in [-0.4, -0.2) is 11.1 Å². The lowest BCUT2D eigenvalue weighted by Gasteiger charge is -2.23. The summed E-state index contributed by atoms with van der Waals surface area (Å²) in [6, 6.07) is 3.16. The van der Waals surface area contributed by atoms with Crippen molar-refractivity contribution in [2.24, 2.45) is 0 Å². The first kappa shape index (κ1) is 13.3. The number of benzene rings is 1. The number of hydrogen-bond donors (Lipinski definition) is 1. The second kappa shape index (κ2) is 4.61. The molecule has 16 heavy (non-hydrogen) atoms. The topological polar surface area (TPSA) is 46.5 Å². The Morgan fingerprint density at radius 1 is 1.38 bits per heavy atom. The Labute approximate surface area is 109 Å². The standard InChI is InChI=1S/C12H15IO3/c1-7(14)16-9-6-5-8(15)10(11(9)13)12(2,3)4/h5-6,15H,1-4H3. The van der Waals surface area contributed by atoms with Gasteiger partial charge in [0.05, 0.1) is 3.57 Å². The molecular weight excluding hydrogens is 319 g/mol. The van der Waals surface area contributed by atoms with Gasteiger partial charge in [0.1, 0.15) is 11.5 Å². The zero-order chi connectivity index (χ0) is 12.5. The summed E-state index contributed by atoms with van der Waals surface area (Å²) in [5.74, 6) is 0.368. The zero-order valence-corrected chi connectivity index (χ0v) is 12.0. The van der Waals surface area contributed by atoms with Gasteiger partial charge >= 0.3 is 5.97 Å². The predicted molar refractivity (Wildman–Crippen MR) is 70.8 cm³/mol. The third-order valence-corrected chi connectivity index (χ3v) is 3.16. The van der Waals surface area contributed by atoms with Gasteiger partial charge in [-0.1, -0.05) is 20.8 Å². The van der Waals surface area contributed by atoms with Gasteiger partial charge in [-0.3, -0.25) is 4.79 Å². The van der Waals surface area contributed by atoms with Crippen molar-refractivity contribution in [1.82, 2.24) is 0 Å². The number of esters is 1. The Balaban J connectivity index is 3.33. The van der Waals surface area contributed by atoms with Crippen LogP contribution in [0.5, 0.6) is 11.5 Å². The van der Waals surface area contributed by atoms with E-state index in [1.807, 2.05) is 20.8 Å². The predicted octanol–water partition coefficient (Wildman–Crippen LogP) is 3.22. The molecule has 0 spiro atoms. The summed E-state index contributed by atoms with van der Waals surface area (Å²) in [6.07, 6.45) is 0. The molecule has 0 aliphatic carbocycles. The lowest BCUT2D eigenvalue weighted by Crippen LogP contribution is -2.15. The van der Waals surface area contributed by atoms with E-state index in [2.05, 4.69) is 22.6 Å². The molecule has 0 bridgehead atoms. The van der Waals surface area contributed by atoms with Crippen molar-refractivity contribution in [3.63, 3.8) is 0 Å². The Bertz CT molecular complexity index is 419. The van der Waals surface area contributed by atoms with Crippen molar-refractivity contribution in [1.29, 1.82) is 0 Å². The number of phenolic OH excluding ortho intramolecular Hbond substituents is 1. The SMILES string of the molecule is CC(=O)Oc1ccc(O)c(C(C)(C)C)c1I. The molecule has 4 heteroatoms. The second-order valence-electron chi connectivity index (χ2n) is 4.62. The third kappa shape index (κ3) is 2.87. The minimum atomic E-state index is -0.358. The van der Waals surface area contributed by atoms with E-state index in [4.69, 9.17) is 4.74 Å². The lowest BCUT2D eigenvalue weighted by molar-refractivity contribution is -0.131. The molecule has 1 aromatic carbocycles. The number of hydrogen-bond acceptors (Lipinski definition) is 3. The number of aromatic hydroxyl groups is 1. The van der Waals surface area contributed by atoms with E-state index in [0.717, 1.165) is 9.13 Å².